The van der Waals surface area contributed by atoms with E-state index in [1.54, 1.807) is 13.0 Å². The lowest BCUT2D eigenvalue weighted by Crippen LogP contribution is -1.99. The predicted octanol–water partition coefficient (Wildman–Crippen LogP) is 2.76. The van der Waals surface area contributed by atoms with Crippen molar-refractivity contribution in [2.75, 3.05) is 0 Å². The third-order valence-electron chi connectivity index (χ3n) is 1.99. The number of aryl methyl sites for hydroxylation is 1. The Kier molecular flexibility index (Phi) is 4.58. The molecule has 0 aliphatic heterocycles. The fourth-order valence-corrected chi connectivity index (χ4v) is 1.29. The number of benzene rings is 1. The van der Waals surface area contributed by atoms with Gasteiger partial charge in [-0.2, -0.15) is 0 Å². The van der Waals surface area contributed by atoms with E-state index in [0.29, 0.717) is 17.5 Å². The number of hydrogen-bond donors (Lipinski definition) is 2. The van der Waals surface area contributed by atoms with E-state index < -0.39 is 5.97 Å². The third kappa shape index (κ3) is 2.84. The van der Waals surface area contributed by atoms with Gasteiger partial charge in [-0.25, -0.2) is 4.79 Å². The summed E-state index contributed by atoms with van der Waals surface area (Å²) in [6.45, 7) is 5.22. The van der Waals surface area contributed by atoms with Gasteiger partial charge in [-0.1, -0.05) is 13.5 Å². The predicted molar refractivity (Wildman–Crippen MR) is 60.4 cm³/mol. The van der Waals surface area contributed by atoms with E-state index in [1.165, 1.54) is 12.1 Å². The Bertz CT molecular complexity index is 381. The van der Waals surface area contributed by atoms with Gasteiger partial charge in [-0.05, 0) is 36.6 Å². The highest BCUT2D eigenvalue weighted by Crippen LogP contribution is 2.24. The van der Waals surface area contributed by atoms with Gasteiger partial charge in [0.2, 0.25) is 0 Å². The number of aromatic hydroxyl groups is 1. The van der Waals surface area contributed by atoms with E-state index in [9.17, 15) is 9.90 Å². The zero-order valence-electron chi connectivity index (χ0n) is 7.95. The number of aromatic carboxylic acids is 1. The Morgan fingerprint density at radius 2 is 2.13 bits per heavy atom. The molecule has 0 saturated carbocycles. The lowest BCUT2D eigenvalue weighted by atomic mass is 10.0. The van der Waals surface area contributed by atoms with Crippen molar-refractivity contribution < 1.29 is 15.0 Å². The molecule has 0 aliphatic carbocycles. The van der Waals surface area contributed by atoms with Crippen LogP contribution < -0.4 is 0 Å². The van der Waals surface area contributed by atoms with Crippen LogP contribution in [0.15, 0.2) is 24.8 Å². The second-order valence-corrected chi connectivity index (χ2v) is 3.10. The number of carboxylic acids is 1. The van der Waals surface area contributed by atoms with Crippen molar-refractivity contribution in [3.63, 3.8) is 0 Å². The van der Waals surface area contributed by atoms with Crippen LogP contribution in [-0.2, 0) is 6.42 Å². The average Bonchev–Trinajstić information content (AvgIpc) is 2.12. The normalized spacial score (nSPS) is 9.13. The minimum atomic E-state index is -0.988. The highest BCUT2D eigenvalue weighted by Gasteiger charge is 2.09. The molecular formula is C12H16O3. The topological polar surface area (TPSA) is 57.5 Å². The Morgan fingerprint density at radius 1 is 1.53 bits per heavy atom. The standard InChI is InChI=1S/C11H12O3.CH4/c1-3-4-8-6-9(11(13)14)5-7(2)10(8)12;/h3,5-6,12H,1,4H2,2H3,(H,13,14);1H4. The quantitative estimate of drug-likeness (QED) is 0.751. The number of allylic oxidation sites excluding steroid dienone is 1. The molecule has 2 N–H and O–H groups in total. The van der Waals surface area contributed by atoms with Crippen molar-refractivity contribution >= 4 is 5.97 Å². The van der Waals surface area contributed by atoms with E-state index in [0.717, 1.165) is 0 Å². The van der Waals surface area contributed by atoms with Crippen LogP contribution in [0.4, 0.5) is 0 Å². The maximum atomic E-state index is 10.7. The van der Waals surface area contributed by atoms with Crippen molar-refractivity contribution in [3.05, 3.63) is 41.5 Å². The van der Waals surface area contributed by atoms with E-state index >= 15 is 0 Å². The molecule has 0 aliphatic rings. The van der Waals surface area contributed by atoms with Gasteiger partial charge in [0.15, 0.2) is 0 Å². The summed E-state index contributed by atoms with van der Waals surface area (Å²) >= 11 is 0. The summed E-state index contributed by atoms with van der Waals surface area (Å²) in [5.41, 5.74) is 1.36. The summed E-state index contributed by atoms with van der Waals surface area (Å²) in [6, 6.07) is 2.91. The van der Waals surface area contributed by atoms with Gasteiger partial charge < -0.3 is 10.2 Å². The van der Waals surface area contributed by atoms with Crippen LogP contribution in [0.3, 0.4) is 0 Å². The molecule has 3 nitrogen and oxygen atoms in total. The smallest absolute Gasteiger partial charge is 0.335 e. The van der Waals surface area contributed by atoms with Gasteiger partial charge in [0.25, 0.3) is 0 Å². The van der Waals surface area contributed by atoms with Crippen molar-refractivity contribution in [1.29, 1.82) is 0 Å². The van der Waals surface area contributed by atoms with Gasteiger partial charge in [-0.15, -0.1) is 6.58 Å². The molecule has 0 radical (unpaired) electrons. The number of phenolic OH excluding ortho intramolecular Hbond substituents is 1. The highest BCUT2D eigenvalue weighted by atomic mass is 16.4. The van der Waals surface area contributed by atoms with Crippen LogP contribution >= 0.6 is 0 Å². The average molecular weight is 208 g/mol. The fraction of sp³-hybridized carbons (Fsp3) is 0.250. The molecule has 0 aromatic heterocycles. The van der Waals surface area contributed by atoms with Gasteiger partial charge >= 0.3 is 5.97 Å². The molecule has 1 aromatic carbocycles. The van der Waals surface area contributed by atoms with Crippen LogP contribution in [-0.4, -0.2) is 16.2 Å². The van der Waals surface area contributed by atoms with Gasteiger partial charge in [0.1, 0.15) is 5.75 Å². The molecule has 3 heteroatoms. The molecule has 15 heavy (non-hydrogen) atoms. The van der Waals surface area contributed by atoms with Crippen LogP contribution in [0.5, 0.6) is 5.75 Å². The Balaban J connectivity index is 0.00000196. The highest BCUT2D eigenvalue weighted by molar-refractivity contribution is 5.88. The fourth-order valence-electron chi connectivity index (χ4n) is 1.29. The van der Waals surface area contributed by atoms with Crippen LogP contribution in [0.1, 0.15) is 28.9 Å². The first kappa shape index (κ1) is 13.2. The number of hydrogen-bond acceptors (Lipinski definition) is 2. The Morgan fingerprint density at radius 3 is 2.60 bits per heavy atom. The van der Waals surface area contributed by atoms with Crippen molar-refractivity contribution in [2.45, 2.75) is 20.8 Å². The molecule has 0 unspecified atom stereocenters. The van der Waals surface area contributed by atoms with Crippen LogP contribution in [0.25, 0.3) is 0 Å². The lowest BCUT2D eigenvalue weighted by molar-refractivity contribution is 0.0696. The van der Waals surface area contributed by atoms with Gasteiger partial charge in [0, 0.05) is 0 Å². The summed E-state index contributed by atoms with van der Waals surface area (Å²) < 4.78 is 0. The molecule has 0 spiro atoms. The largest absolute Gasteiger partial charge is 0.507 e. The van der Waals surface area contributed by atoms with Gasteiger partial charge in [0.05, 0.1) is 5.56 Å². The Hall–Kier alpha value is -1.77. The molecule has 1 rings (SSSR count). The number of carboxylic acid groups (broad SMARTS) is 1. The summed E-state index contributed by atoms with van der Waals surface area (Å²) in [5.74, 6) is -0.840. The van der Waals surface area contributed by atoms with Crippen molar-refractivity contribution in [3.8, 4) is 5.75 Å². The molecule has 0 heterocycles. The van der Waals surface area contributed by atoms with Gasteiger partial charge in [-0.3, -0.25) is 0 Å². The SMILES string of the molecule is C.C=CCc1cc(C(=O)O)cc(C)c1O. The number of rotatable bonds is 3. The molecule has 82 valence electrons. The summed E-state index contributed by atoms with van der Waals surface area (Å²) in [6.07, 6.45) is 2.09. The molecule has 0 fully saturated rings. The second kappa shape index (κ2) is 5.20. The molecule has 0 bridgehead atoms. The summed E-state index contributed by atoms with van der Waals surface area (Å²) in [4.78, 5) is 10.7. The van der Waals surface area contributed by atoms with E-state index in [2.05, 4.69) is 6.58 Å². The summed E-state index contributed by atoms with van der Waals surface area (Å²) in [7, 11) is 0. The first-order valence-electron chi connectivity index (χ1n) is 4.23. The minimum Gasteiger partial charge on any atom is -0.507 e. The molecular weight excluding hydrogens is 192 g/mol. The monoisotopic (exact) mass is 208 g/mol. The molecule has 0 saturated heterocycles. The first-order chi connectivity index (χ1) is 6.56. The number of carbonyl (C=O) groups is 1. The van der Waals surface area contributed by atoms with Crippen LogP contribution in [0.2, 0.25) is 0 Å². The second-order valence-electron chi connectivity index (χ2n) is 3.10. The lowest BCUT2D eigenvalue weighted by Gasteiger charge is -2.06. The van der Waals surface area contributed by atoms with E-state index in [4.69, 9.17) is 5.11 Å². The molecule has 0 amide bonds. The van der Waals surface area contributed by atoms with Crippen molar-refractivity contribution in [1.82, 2.24) is 0 Å². The minimum absolute atomic E-state index is 0. The summed E-state index contributed by atoms with van der Waals surface area (Å²) in [5, 5.41) is 18.4. The zero-order valence-corrected chi connectivity index (χ0v) is 7.95. The molecule has 1 aromatic rings. The third-order valence-corrected chi connectivity index (χ3v) is 1.99. The first-order valence-corrected chi connectivity index (χ1v) is 4.23. The molecule has 0 atom stereocenters. The number of phenols is 1. The maximum absolute atomic E-state index is 10.7. The van der Waals surface area contributed by atoms with E-state index in [-0.39, 0.29) is 18.7 Å². The van der Waals surface area contributed by atoms with E-state index in [1.807, 2.05) is 0 Å². The Labute approximate surface area is 89.7 Å². The van der Waals surface area contributed by atoms with Crippen molar-refractivity contribution in [2.24, 2.45) is 0 Å². The van der Waals surface area contributed by atoms with Crippen LogP contribution in [0, 0.1) is 6.92 Å². The maximum Gasteiger partial charge on any atom is 0.335 e. The zero-order chi connectivity index (χ0) is 10.7.